The van der Waals surface area contributed by atoms with E-state index in [9.17, 15) is 0 Å². The maximum absolute atomic E-state index is 5.85. The number of likely N-dealkylation sites (tertiary alicyclic amines) is 1. The fourth-order valence-corrected chi connectivity index (χ4v) is 2.77. The number of piperidine rings is 1. The van der Waals surface area contributed by atoms with E-state index in [0.717, 1.165) is 18.9 Å². The van der Waals surface area contributed by atoms with Gasteiger partial charge in [0, 0.05) is 32.8 Å². The van der Waals surface area contributed by atoms with Crippen LogP contribution in [0.3, 0.4) is 0 Å². The molecule has 1 saturated heterocycles. The Balaban J connectivity index is 1.81. The molecular formula is C12H24N2O. The summed E-state index contributed by atoms with van der Waals surface area (Å²) in [4.78, 5) is 2.60. The number of nitrogens with two attached hydrogens (primary N) is 1. The Morgan fingerprint density at radius 1 is 1.33 bits per heavy atom. The van der Waals surface area contributed by atoms with Gasteiger partial charge in [-0.25, -0.2) is 0 Å². The average molecular weight is 212 g/mol. The van der Waals surface area contributed by atoms with Crippen molar-refractivity contribution in [3.8, 4) is 0 Å². The SMILES string of the molecule is COC1CCN(CC2CCC2)C(CN)C1. The van der Waals surface area contributed by atoms with Crippen molar-refractivity contribution < 1.29 is 4.74 Å². The lowest BCUT2D eigenvalue weighted by Crippen LogP contribution is -2.50. The summed E-state index contributed by atoms with van der Waals surface area (Å²) in [5, 5.41) is 0. The molecule has 0 amide bonds. The minimum atomic E-state index is 0.441. The Morgan fingerprint density at radius 3 is 2.67 bits per heavy atom. The predicted molar refractivity (Wildman–Crippen MR) is 61.8 cm³/mol. The maximum atomic E-state index is 5.85. The lowest BCUT2D eigenvalue weighted by Gasteiger charge is -2.41. The first-order chi connectivity index (χ1) is 7.33. The van der Waals surface area contributed by atoms with Gasteiger partial charge in [0.2, 0.25) is 0 Å². The molecule has 0 radical (unpaired) electrons. The van der Waals surface area contributed by atoms with Crippen molar-refractivity contribution in [3.63, 3.8) is 0 Å². The van der Waals surface area contributed by atoms with Gasteiger partial charge in [0.05, 0.1) is 6.10 Å². The van der Waals surface area contributed by atoms with E-state index in [-0.39, 0.29) is 0 Å². The highest BCUT2D eigenvalue weighted by Crippen LogP contribution is 2.29. The summed E-state index contributed by atoms with van der Waals surface area (Å²) in [6.07, 6.45) is 7.05. The molecule has 2 aliphatic rings. The number of ether oxygens (including phenoxy) is 1. The third kappa shape index (κ3) is 2.71. The summed E-state index contributed by atoms with van der Waals surface area (Å²) in [6.45, 7) is 3.24. The molecular weight excluding hydrogens is 188 g/mol. The second-order valence-corrected chi connectivity index (χ2v) is 5.06. The molecule has 2 fully saturated rings. The van der Waals surface area contributed by atoms with Gasteiger partial charge in [0.1, 0.15) is 0 Å². The van der Waals surface area contributed by atoms with Crippen molar-refractivity contribution >= 4 is 0 Å². The molecule has 2 N–H and O–H groups in total. The van der Waals surface area contributed by atoms with Gasteiger partial charge in [0.25, 0.3) is 0 Å². The largest absolute Gasteiger partial charge is 0.381 e. The molecule has 0 aromatic carbocycles. The Bertz CT molecular complexity index is 194. The molecule has 2 unspecified atom stereocenters. The van der Waals surface area contributed by atoms with Crippen LogP contribution in [0.2, 0.25) is 0 Å². The van der Waals surface area contributed by atoms with Crippen molar-refractivity contribution in [1.29, 1.82) is 0 Å². The highest BCUT2D eigenvalue weighted by atomic mass is 16.5. The normalized spacial score (nSPS) is 34.0. The smallest absolute Gasteiger partial charge is 0.0599 e. The second-order valence-electron chi connectivity index (χ2n) is 5.06. The van der Waals surface area contributed by atoms with Crippen LogP contribution >= 0.6 is 0 Å². The van der Waals surface area contributed by atoms with Crippen LogP contribution in [-0.2, 0) is 4.74 Å². The zero-order valence-corrected chi connectivity index (χ0v) is 9.82. The molecule has 1 aliphatic heterocycles. The Labute approximate surface area is 93.0 Å². The van der Waals surface area contributed by atoms with Crippen LogP contribution in [0.15, 0.2) is 0 Å². The van der Waals surface area contributed by atoms with Crippen molar-refractivity contribution in [2.75, 3.05) is 26.7 Å². The molecule has 15 heavy (non-hydrogen) atoms. The molecule has 1 heterocycles. The first kappa shape index (κ1) is 11.4. The van der Waals surface area contributed by atoms with E-state index in [0.29, 0.717) is 12.1 Å². The summed E-state index contributed by atoms with van der Waals surface area (Å²) < 4.78 is 5.43. The molecule has 3 heteroatoms. The van der Waals surface area contributed by atoms with Gasteiger partial charge in [-0.1, -0.05) is 6.42 Å². The standard InChI is InChI=1S/C12H24N2O/c1-15-12-5-6-14(11(7-12)8-13)9-10-3-2-4-10/h10-12H,2-9,13H2,1H3. The predicted octanol–water partition coefficient (Wildman–Crippen LogP) is 1.22. The number of hydrogen-bond donors (Lipinski definition) is 1. The maximum Gasteiger partial charge on any atom is 0.0599 e. The van der Waals surface area contributed by atoms with E-state index in [1.807, 2.05) is 7.11 Å². The third-order valence-corrected chi connectivity index (χ3v) is 4.11. The van der Waals surface area contributed by atoms with Crippen LogP contribution in [0.25, 0.3) is 0 Å². The number of hydrogen-bond acceptors (Lipinski definition) is 3. The van der Waals surface area contributed by atoms with E-state index < -0.39 is 0 Å². The fraction of sp³-hybridized carbons (Fsp3) is 1.00. The van der Waals surface area contributed by atoms with E-state index in [1.165, 1.54) is 38.8 Å². The van der Waals surface area contributed by atoms with Gasteiger partial charge in [-0.05, 0) is 31.6 Å². The molecule has 3 nitrogen and oxygen atoms in total. The average Bonchev–Trinajstić information content (AvgIpc) is 2.23. The zero-order chi connectivity index (χ0) is 10.7. The van der Waals surface area contributed by atoms with Gasteiger partial charge in [0.15, 0.2) is 0 Å². The number of nitrogens with zero attached hydrogens (tertiary/aromatic N) is 1. The van der Waals surface area contributed by atoms with Crippen LogP contribution in [0.4, 0.5) is 0 Å². The van der Waals surface area contributed by atoms with Crippen molar-refractivity contribution in [2.24, 2.45) is 11.7 Å². The van der Waals surface area contributed by atoms with Crippen LogP contribution < -0.4 is 5.73 Å². The molecule has 1 aliphatic carbocycles. The first-order valence-electron chi connectivity index (χ1n) is 6.30. The van der Waals surface area contributed by atoms with Crippen molar-refractivity contribution in [1.82, 2.24) is 4.90 Å². The minimum absolute atomic E-state index is 0.441. The van der Waals surface area contributed by atoms with Crippen LogP contribution in [0.5, 0.6) is 0 Å². The Hall–Kier alpha value is -0.120. The van der Waals surface area contributed by atoms with Crippen molar-refractivity contribution in [3.05, 3.63) is 0 Å². The van der Waals surface area contributed by atoms with E-state index in [4.69, 9.17) is 10.5 Å². The summed E-state index contributed by atoms with van der Waals surface area (Å²) in [7, 11) is 1.82. The van der Waals surface area contributed by atoms with Crippen LogP contribution in [0.1, 0.15) is 32.1 Å². The third-order valence-electron chi connectivity index (χ3n) is 4.11. The van der Waals surface area contributed by atoms with Crippen LogP contribution in [-0.4, -0.2) is 43.8 Å². The molecule has 0 aromatic heterocycles. The monoisotopic (exact) mass is 212 g/mol. The van der Waals surface area contributed by atoms with E-state index in [1.54, 1.807) is 0 Å². The quantitative estimate of drug-likeness (QED) is 0.761. The van der Waals surface area contributed by atoms with Gasteiger partial charge < -0.3 is 10.5 Å². The molecule has 0 bridgehead atoms. The molecule has 0 aromatic rings. The lowest BCUT2D eigenvalue weighted by atomic mass is 9.84. The Kier molecular flexibility index (Phi) is 4.00. The second kappa shape index (κ2) is 5.28. The lowest BCUT2D eigenvalue weighted by molar-refractivity contribution is 0.00280. The van der Waals surface area contributed by atoms with Crippen LogP contribution in [0, 0.1) is 5.92 Å². The fourth-order valence-electron chi connectivity index (χ4n) is 2.77. The van der Waals surface area contributed by atoms with Gasteiger partial charge >= 0.3 is 0 Å². The zero-order valence-electron chi connectivity index (χ0n) is 9.82. The summed E-state index contributed by atoms with van der Waals surface area (Å²) in [5.41, 5.74) is 5.85. The van der Waals surface area contributed by atoms with Gasteiger partial charge in [-0.2, -0.15) is 0 Å². The Morgan fingerprint density at radius 2 is 2.13 bits per heavy atom. The van der Waals surface area contributed by atoms with Gasteiger partial charge in [-0.15, -0.1) is 0 Å². The highest BCUT2D eigenvalue weighted by Gasteiger charge is 2.30. The summed E-state index contributed by atoms with van der Waals surface area (Å²) in [5.74, 6) is 0.957. The molecule has 0 spiro atoms. The first-order valence-corrected chi connectivity index (χ1v) is 6.30. The van der Waals surface area contributed by atoms with E-state index in [2.05, 4.69) is 4.90 Å². The van der Waals surface area contributed by atoms with Gasteiger partial charge in [-0.3, -0.25) is 4.90 Å². The summed E-state index contributed by atoms with van der Waals surface area (Å²) in [6, 6.07) is 0.560. The molecule has 1 saturated carbocycles. The molecule has 2 atom stereocenters. The van der Waals surface area contributed by atoms with Crippen molar-refractivity contribution in [2.45, 2.75) is 44.2 Å². The topological polar surface area (TPSA) is 38.5 Å². The number of methoxy groups -OCH3 is 1. The minimum Gasteiger partial charge on any atom is -0.381 e. The summed E-state index contributed by atoms with van der Waals surface area (Å²) >= 11 is 0. The highest BCUT2D eigenvalue weighted by molar-refractivity contribution is 4.85. The molecule has 2 rings (SSSR count). The number of rotatable bonds is 4. The molecule has 88 valence electrons. The van der Waals surface area contributed by atoms with E-state index >= 15 is 0 Å².